The zero-order chi connectivity index (χ0) is 10.4. The van der Waals surface area contributed by atoms with Crippen molar-refractivity contribution in [2.75, 3.05) is 12.0 Å². The number of carbonyl (C=O) groups is 1. The van der Waals surface area contributed by atoms with Gasteiger partial charge in [0.1, 0.15) is 0 Å². The van der Waals surface area contributed by atoms with E-state index in [1.165, 1.54) is 0 Å². The fraction of sp³-hybridized carbons (Fsp3) is 0.875. The van der Waals surface area contributed by atoms with E-state index >= 15 is 0 Å². The maximum atomic E-state index is 11.1. The highest BCUT2D eigenvalue weighted by Gasteiger charge is 2.11. The zero-order valence-electron chi connectivity index (χ0n) is 8.24. The third-order valence-corrected chi connectivity index (χ3v) is 2.65. The van der Waals surface area contributed by atoms with Crippen LogP contribution in [-0.4, -0.2) is 33.4 Å². The summed E-state index contributed by atoms with van der Waals surface area (Å²) in [5, 5.41) is 2.50. The van der Waals surface area contributed by atoms with Gasteiger partial charge in [0.2, 0.25) is 5.91 Å². The molecule has 0 aromatic rings. The van der Waals surface area contributed by atoms with Gasteiger partial charge in [0.05, 0.1) is 5.25 Å². The van der Waals surface area contributed by atoms with Crippen molar-refractivity contribution in [2.24, 2.45) is 0 Å². The lowest BCUT2D eigenvalue weighted by molar-refractivity contribution is -0.120. The fourth-order valence-corrected chi connectivity index (χ4v) is 1.54. The highest BCUT2D eigenvalue weighted by Crippen LogP contribution is 1.97. The van der Waals surface area contributed by atoms with Gasteiger partial charge in [-0.05, 0) is 20.3 Å². The van der Waals surface area contributed by atoms with Crippen molar-refractivity contribution in [1.82, 2.24) is 5.32 Å². The number of hydrogen-bond donors (Lipinski definition) is 2. The molecule has 3 nitrogen and oxygen atoms in total. The van der Waals surface area contributed by atoms with E-state index in [0.29, 0.717) is 5.75 Å². The Balaban J connectivity index is 3.68. The first kappa shape index (κ1) is 13.0. The molecular formula is C8H17NO2S2. The molecule has 0 aromatic heterocycles. The number of hydrogen-bond acceptors (Lipinski definition) is 3. The molecule has 0 aliphatic rings. The third-order valence-electron chi connectivity index (χ3n) is 1.61. The summed E-state index contributed by atoms with van der Waals surface area (Å²) < 4.78 is 10.8. The number of amides is 1. The van der Waals surface area contributed by atoms with Crippen molar-refractivity contribution in [3.63, 3.8) is 0 Å². The fourth-order valence-electron chi connectivity index (χ4n) is 0.778. The molecule has 0 saturated carbocycles. The maximum absolute atomic E-state index is 11.1. The van der Waals surface area contributed by atoms with Crippen LogP contribution in [0.3, 0.4) is 0 Å². The molecule has 0 aliphatic heterocycles. The van der Waals surface area contributed by atoms with Gasteiger partial charge in [-0.3, -0.25) is 9.00 Å². The van der Waals surface area contributed by atoms with E-state index in [-0.39, 0.29) is 17.2 Å². The van der Waals surface area contributed by atoms with Crippen LogP contribution in [-0.2, 0) is 15.6 Å². The molecule has 0 heterocycles. The van der Waals surface area contributed by atoms with Crippen LogP contribution in [0.2, 0.25) is 0 Å². The van der Waals surface area contributed by atoms with Gasteiger partial charge in [0.25, 0.3) is 0 Å². The Bertz CT molecular complexity index is 195. The van der Waals surface area contributed by atoms with Crippen LogP contribution in [0.5, 0.6) is 0 Å². The van der Waals surface area contributed by atoms with E-state index in [4.69, 9.17) is 0 Å². The monoisotopic (exact) mass is 223 g/mol. The SMILES string of the molecule is CC(CCS(C)=O)NC(=O)C(C)S. The van der Waals surface area contributed by atoms with Crippen LogP contribution in [0.1, 0.15) is 20.3 Å². The van der Waals surface area contributed by atoms with E-state index in [1.54, 1.807) is 13.2 Å². The summed E-state index contributed by atoms with van der Waals surface area (Å²) in [7, 11) is -0.782. The van der Waals surface area contributed by atoms with Gasteiger partial charge in [-0.15, -0.1) is 0 Å². The van der Waals surface area contributed by atoms with E-state index in [1.807, 2.05) is 6.92 Å². The Labute approximate surface area is 87.5 Å². The number of carbonyl (C=O) groups excluding carboxylic acids is 1. The Kier molecular flexibility index (Phi) is 6.41. The Morgan fingerprint density at radius 3 is 2.46 bits per heavy atom. The van der Waals surface area contributed by atoms with E-state index < -0.39 is 10.8 Å². The topological polar surface area (TPSA) is 46.2 Å². The van der Waals surface area contributed by atoms with Crippen molar-refractivity contribution in [1.29, 1.82) is 0 Å². The zero-order valence-corrected chi connectivity index (χ0v) is 9.95. The quantitative estimate of drug-likeness (QED) is 0.670. The first-order valence-electron chi connectivity index (χ1n) is 4.22. The molecule has 0 spiro atoms. The van der Waals surface area contributed by atoms with Crippen molar-refractivity contribution in [2.45, 2.75) is 31.6 Å². The Morgan fingerprint density at radius 2 is 2.08 bits per heavy atom. The summed E-state index contributed by atoms with van der Waals surface area (Å²) in [6, 6.07) is 0.0750. The van der Waals surface area contributed by atoms with Gasteiger partial charge in [-0.1, -0.05) is 0 Å². The van der Waals surface area contributed by atoms with E-state index in [9.17, 15) is 9.00 Å². The van der Waals surface area contributed by atoms with Crippen molar-refractivity contribution in [3.05, 3.63) is 0 Å². The molecule has 0 rings (SSSR count). The molecular weight excluding hydrogens is 206 g/mol. The van der Waals surface area contributed by atoms with Gasteiger partial charge >= 0.3 is 0 Å². The molecule has 0 saturated heterocycles. The molecule has 1 amide bonds. The molecule has 78 valence electrons. The predicted molar refractivity (Wildman–Crippen MR) is 59.6 cm³/mol. The maximum Gasteiger partial charge on any atom is 0.232 e. The molecule has 3 atom stereocenters. The van der Waals surface area contributed by atoms with Crippen LogP contribution in [0.25, 0.3) is 0 Å². The average molecular weight is 223 g/mol. The minimum atomic E-state index is -0.782. The van der Waals surface area contributed by atoms with E-state index in [2.05, 4.69) is 17.9 Å². The second-order valence-corrected chi connectivity index (χ2v) is 5.48. The smallest absolute Gasteiger partial charge is 0.232 e. The lowest BCUT2D eigenvalue weighted by atomic mass is 10.2. The summed E-state index contributed by atoms with van der Waals surface area (Å²) in [4.78, 5) is 11.1. The summed E-state index contributed by atoms with van der Waals surface area (Å²) in [5.41, 5.74) is 0. The van der Waals surface area contributed by atoms with Crippen molar-refractivity contribution in [3.8, 4) is 0 Å². The van der Waals surface area contributed by atoms with E-state index in [0.717, 1.165) is 6.42 Å². The Morgan fingerprint density at radius 1 is 1.54 bits per heavy atom. The van der Waals surface area contributed by atoms with Gasteiger partial charge in [-0.25, -0.2) is 0 Å². The lowest BCUT2D eigenvalue weighted by Gasteiger charge is -2.14. The van der Waals surface area contributed by atoms with Gasteiger partial charge in [0, 0.05) is 28.9 Å². The van der Waals surface area contributed by atoms with Crippen LogP contribution in [0, 0.1) is 0 Å². The summed E-state index contributed by atoms with van der Waals surface area (Å²) in [6.07, 6.45) is 2.41. The normalized spacial score (nSPS) is 17.5. The number of rotatable bonds is 5. The van der Waals surface area contributed by atoms with Crippen molar-refractivity contribution >= 4 is 29.3 Å². The molecule has 1 N–H and O–H groups in total. The molecule has 0 aromatic carbocycles. The average Bonchev–Trinajstić information content (AvgIpc) is 2.00. The largest absolute Gasteiger partial charge is 0.353 e. The molecule has 3 unspecified atom stereocenters. The third kappa shape index (κ3) is 7.07. The molecule has 0 fully saturated rings. The molecule has 5 heteroatoms. The first-order chi connectivity index (χ1) is 5.93. The van der Waals surface area contributed by atoms with Crippen molar-refractivity contribution < 1.29 is 9.00 Å². The second kappa shape index (κ2) is 6.43. The number of thiol groups is 1. The highest BCUT2D eigenvalue weighted by atomic mass is 32.2. The lowest BCUT2D eigenvalue weighted by Crippen LogP contribution is -2.37. The second-order valence-electron chi connectivity index (χ2n) is 3.15. The summed E-state index contributed by atoms with van der Waals surface area (Å²) >= 11 is 4.00. The highest BCUT2D eigenvalue weighted by molar-refractivity contribution is 7.84. The predicted octanol–water partition coefficient (Wildman–Crippen LogP) is 0.578. The molecule has 13 heavy (non-hydrogen) atoms. The minimum Gasteiger partial charge on any atom is -0.353 e. The van der Waals surface area contributed by atoms with Gasteiger partial charge in [-0.2, -0.15) is 12.6 Å². The molecule has 0 radical (unpaired) electrons. The summed E-state index contributed by atoms with van der Waals surface area (Å²) in [6.45, 7) is 3.63. The molecule has 0 aliphatic carbocycles. The first-order valence-corrected chi connectivity index (χ1v) is 6.46. The van der Waals surface area contributed by atoms with Crippen LogP contribution < -0.4 is 5.32 Å². The summed E-state index contributed by atoms with van der Waals surface area (Å²) in [5.74, 6) is 0.556. The minimum absolute atomic E-state index is 0.0716. The Hall–Kier alpha value is -0.0300. The van der Waals surface area contributed by atoms with Gasteiger partial charge < -0.3 is 5.32 Å². The molecule has 0 bridgehead atoms. The standard InChI is InChI=1S/C8H17NO2S2/c1-6(4-5-13(3)11)9-8(10)7(2)12/h6-7,12H,4-5H2,1-3H3,(H,9,10). The van der Waals surface area contributed by atoms with Crippen LogP contribution in [0.15, 0.2) is 0 Å². The van der Waals surface area contributed by atoms with Crippen LogP contribution in [0.4, 0.5) is 0 Å². The van der Waals surface area contributed by atoms with Crippen LogP contribution >= 0.6 is 12.6 Å². The number of nitrogens with one attached hydrogen (secondary N) is 1. The van der Waals surface area contributed by atoms with Gasteiger partial charge in [0.15, 0.2) is 0 Å².